The van der Waals surface area contributed by atoms with Gasteiger partial charge in [-0.05, 0) is 34.1 Å². The van der Waals surface area contributed by atoms with E-state index in [-0.39, 0.29) is 10.0 Å². The number of carboxylic acids is 1. The molecule has 2 N–H and O–H groups in total. The lowest BCUT2D eigenvalue weighted by atomic mass is 10.1. The van der Waals surface area contributed by atoms with Crippen LogP contribution in [0, 0.1) is 5.82 Å². The zero-order valence-electron chi connectivity index (χ0n) is 9.67. The Morgan fingerprint density at radius 2 is 1.95 bits per heavy atom. The number of carboxylic acid groups (broad SMARTS) is 1. The Hall–Kier alpha value is -1.64. The lowest BCUT2D eigenvalue weighted by molar-refractivity contribution is -0.157. The van der Waals surface area contributed by atoms with Crippen molar-refractivity contribution in [2.75, 3.05) is 0 Å². The molecule has 9 heteroatoms. The van der Waals surface area contributed by atoms with Gasteiger partial charge in [0.1, 0.15) is 11.9 Å². The standard InChI is InChI=1S/C11H8BrF4NO3/c12-7-2-1-5(13)3-6(7)9(18)17-8(10(19)20)4-11(14,15)16/h1-3,8H,4H2,(H,17,18)(H,19,20). The average Bonchev–Trinajstić information content (AvgIpc) is 2.29. The quantitative estimate of drug-likeness (QED) is 0.814. The molecular weight excluding hydrogens is 350 g/mol. The molecule has 0 aliphatic carbocycles. The molecule has 1 aromatic carbocycles. The molecule has 1 rings (SSSR count). The largest absolute Gasteiger partial charge is 0.480 e. The second-order valence-electron chi connectivity index (χ2n) is 3.81. The average molecular weight is 358 g/mol. The number of carbonyl (C=O) groups is 2. The summed E-state index contributed by atoms with van der Waals surface area (Å²) in [6.45, 7) is 0. The van der Waals surface area contributed by atoms with Gasteiger partial charge >= 0.3 is 12.1 Å². The molecule has 110 valence electrons. The summed E-state index contributed by atoms with van der Waals surface area (Å²) in [7, 11) is 0. The van der Waals surface area contributed by atoms with Crippen molar-refractivity contribution in [1.82, 2.24) is 5.32 Å². The number of aliphatic carboxylic acids is 1. The highest BCUT2D eigenvalue weighted by Crippen LogP contribution is 2.23. The van der Waals surface area contributed by atoms with Crippen molar-refractivity contribution in [2.45, 2.75) is 18.6 Å². The fraction of sp³-hybridized carbons (Fsp3) is 0.273. The summed E-state index contributed by atoms with van der Waals surface area (Å²) in [5.74, 6) is -3.72. The van der Waals surface area contributed by atoms with Gasteiger partial charge in [0.2, 0.25) is 0 Å². The molecule has 0 radical (unpaired) electrons. The fourth-order valence-corrected chi connectivity index (χ4v) is 1.77. The summed E-state index contributed by atoms with van der Waals surface area (Å²) < 4.78 is 49.6. The highest BCUT2D eigenvalue weighted by molar-refractivity contribution is 9.10. The number of alkyl halides is 3. The number of nitrogens with one attached hydrogen (secondary N) is 1. The first-order valence-electron chi connectivity index (χ1n) is 5.15. The van der Waals surface area contributed by atoms with Crippen molar-refractivity contribution in [3.63, 3.8) is 0 Å². The van der Waals surface area contributed by atoms with Gasteiger partial charge in [-0.25, -0.2) is 9.18 Å². The first-order chi connectivity index (χ1) is 9.10. The molecule has 0 saturated heterocycles. The number of amides is 1. The topological polar surface area (TPSA) is 66.4 Å². The van der Waals surface area contributed by atoms with Crippen LogP contribution in [0.4, 0.5) is 17.6 Å². The van der Waals surface area contributed by atoms with Crippen molar-refractivity contribution in [3.8, 4) is 0 Å². The summed E-state index contributed by atoms with van der Waals surface area (Å²) in [5, 5.41) is 10.4. The summed E-state index contributed by atoms with van der Waals surface area (Å²) in [6.07, 6.45) is -6.48. The van der Waals surface area contributed by atoms with E-state index in [4.69, 9.17) is 5.11 Å². The van der Waals surface area contributed by atoms with E-state index < -0.39 is 36.3 Å². The highest BCUT2D eigenvalue weighted by Gasteiger charge is 2.36. The predicted molar refractivity (Wildman–Crippen MR) is 63.7 cm³/mol. The van der Waals surface area contributed by atoms with E-state index in [1.807, 2.05) is 0 Å². The zero-order chi connectivity index (χ0) is 15.5. The van der Waals surface area contributed by atoms with Crippen molar-refractivity contribution >= 4 is 27.8 Å². The molecule has 0 bridgehead atoms. The van der Waals surface area contributed by atoms with E-state index in [9.17, 15) is 27.2 Å². The third-order valence-electron chi connectivity index (χ3n) is 2.21. The number of rotatable bonds is 4. The second kappa shape index (κ2) is 6.21. The van der Waals surface area contributed by atoms with Gasteiger partial charge < -0.3 is 10.4 Å². The molecule has 0 saturated carbocycles. The molecule has 4 nitrogen and oxygen atoms in total. The van der Waals surface area contributed by atoms with Gasteiger partial charge in [0.25, 0.3) is 5.91 Å². The SMILES string of the molecule is O=C(NC(CC(F)(F)F)C(=O)O)c1cc(F)ccc1Br. The molecule has 0 aliphatic rings. The van der Waals surface area contributed by atoms with Crippen molar-refractivity contribution in [3.05, 3.63) is 34.1 Å². The van der Waals surface area contributed by atoms with E-state index in [0.29, 0.717) is 0 Å². The molecule has 0 heterocycles. The minimum atomic E-state index is -4.75. The molecule has 0 aliphatic heterocycles. The number of carbonyl (C=O) groups excluding carboxylic acids is 1. The lowest BCUT2D eigenvalue weighted by Crippen LogP contribution is -2.43. The van der Waals surface area contributed by atoms with Crippen molar-refractivity contribution in [1.29, 1.82) is 0 Å². The molecule has 1 unspecified atom stereocenters. The van der Waals surface area contributed by atoms with Gasteiger partial charge in [-0.1, -0.05) is 0 Å². The maximum absolute atomic E-state index is 13.0. The van der Waals surface area contributed by atoms with Crippen LogP contribution in [0.1, 0.15) is 16.8 Å². The van der Waals surface area contributed by atoms with E-state index >= 15 is 0 Å². The van der Waals surface area contributed by atoms with Crippen LogP contribution in [0.2, 0.25) is 0 Å². The number of halogens is 5. The maximum Gasteiger partial charge on any atom is 0.391 e. The maximum atomic E-state index is 13.0. The number of hydrogen-bond acceptors (Lipinski definition) is 2. The third-order valence-corrected chi connectivity index (χ3v) is 2.90. The van der Waals surface area contributed by atoms with Crippen LogP contribution in [0.15, 0.2) is 22.7 Å². The highest BCUT2D eigenvalue weighted by atomic mass is 79.9. The molecule has 1 atom stereocenters. The lowest BCUT2D eigenvalue weighted by Gasteiger charge is -2.16. The van der Waals surface area contributed by atoms with Crippen molar-refractivity contribution in [2.24, 2.45) is 0 Å². The van der Waals surface area contributed by atoms with E-state index in [1.54, 1.807) is 5.32 Å². The van der Waals surface area contributed by atoms with E-state index in [1.165, 1.54) is 6.07 Å². The molecule has 0 fully saturated rings. The first-order valence-corrected chi connectivity index (χ1v) is 5.95. The normalized spacial score (nSPS) is 12.8. The van der Waals surface area contributed by atoms with Gasteiger partial charge in [0.15, 0.2) is 0 Å². The summed E-state index contributed by atoms with van der Waals surface area (Å²) in [6, 6.07) is 0.860. The minimum absolute atomic E-state index is 0.132. The summed E-state index contributed by atoms with van der Waals surface area (Å²) in [4.78, 5) is 22.4. The van der Waals surface area contributed by atoms with Crippen LogP contribution in [-0.4, -0.2) is 29.2 Å². The Bertz CT molecular complexity index is 533. The summed E-state index contributed by atoms with van der Waals surface area (Å²) in [5.41, 5.74) is -0.293. The summed E-state index contributed by atoms with van der Waals surface area (Å²) >= 11 is 2.92. The number of hydrogen-bond donors (Lipinski definition) is 2. The molecule has 0 spiro atoms. The zero-order valence-corrected chi connectivity index (χ0v) is 11.3. The Balaban J connectivity index is 2.91. The minimum Gasteiger partial charge on any atom is -0.480 e. The van der Waals surface area contributed by atoms with Crippen LogP contribution in [0.5, 0.6) is 0 Å². The van der Waals surface area contributed by atoms with Gasteiger partial charge in [-0.3, -0.25) is 4.79 Å². The van der Waals surface area contributed by atoms with E-state index in [0.717, 1.165) is 12.1 Å². The fourth-order valence-electron chi connectivity index (χ4n) is 1.34. The Kier molecular flexibility index (Phi) is 5.09. The predicted octanol–water partition coefficient (Wildman–Crippen LogP) is 2.72. The van der Waals surface area contributed by atoms with Crippen LogP contribution in [-0.2, 0) is 4.79 Å². The molecule has 1 aromatic rings. The first kappa shape index (κ1) is 16.4. The molecule has 1 amide bonds. The van der Waals surface area contributed by atoms with Crippen LogP contribution in [0.3, 0.4) is 0 Å². The monoisotopic (exact) mass is 357 g/mol. The molecule has 20 heavy (non-hydrogen) atoms. The Labute approximate surface area is 118 Å². The molecule has 0 aromatic heterocycles. The van der Waals surface area contributed by atoms with Crippen LogP contribution >= 0.6 is 15.9 Å². The van der Waals surface area contributed by atoms with E-state index in [2.05, 4.69) is 15.9 Å². The van der Waals surface area contributed by atoms with Gasteiger partial charge in [-0.15, -0.1) is 0 Å². The van der Waals surface area contributed by atoms with Gasteiger partial charge in [0, 0.05) is 4.47 Å². The molecular formula is C11H8BrF4NO3. The van der Waals surface area contributed by atoms with Crippen molar-refractivity contribution < 1.29 is 32.3 Å². The van der Waals surface area contributed by atoms with Crippen LogP contribution < -0.4 is 5.32 Å². The second-order valence-corrected chi connectivity index (χ2v) is 4.66. The number of benzene rings is 1. The Morgan fingerprint density at radius 1 is 1.35 bits per heavy atom. The third kappa shape index (κ3) is 4.80. The Morgan fingerprint density at radius 3 is 2.45 bits per heavy atom. The van der Waals surface area contributed by atoms with Gasteiger partial charge in [-0.2, -0.15) is 13.2 Å². The van der Waals surface area contributed by atoms with Gasteiger partial charge in [0.05, 0.1) is 12.0 Å². The van der Waals surface area contributed by atoms with Crippen LogP contribution in [0.25, 0.3) is 0 Å². The smallest absolute Gasteiger partial charge is 0.391 e.